The number of amides is 1. The third-order valence-electron chi connectivity index (χ3n) is 3.62. The van der Waals surface area contributed by atoms with Gasteiger partial charge in [0, 0.05) is 12.6 Å². The molecular formula is C21H24FNO3. The zero-order chi connectivity index (χ0) is 18.8. The molecule has 0 fully saturated rings. The van der Waals surface area contributed by atoms with Gasteiger partial charge in [0.2, 0.25) is 5.91 Å². The molecule has 0 spiro atoms. The summed E-state index contributed by atoms with van der Waals surface area (Å²) in [5.41, 5.74) is 1.83. The van der Waals surface area contributed by atoms with Gasteiger partial charge < -0.3 is 14.8 Å². The molecule has 2 rings (SSSR count). The van der Waals surface area contributed by atoms with E-state index in [9.17, 15) is 9.18 Å². The summed E-state index contributed by atoms with van der Waals surface area (Å²) in [6.45, 7) is 5.51. The van der Waals surface area contributed by atoms with E-state index in [4.69, 9.17) is 9.47 Å². The van der Waals surface area contributed by atoms with Crippen molar-refractivity contribution in [3.63, 3.8) is 0 Å². The standard InChI is InChI=1S/C21H24FNO3/c1-3-25-19-11-7-17(15-20(19)26-4-2)13-14-23-21(24)12-8-16-5-9-18(22)10-6-16/h5-12,15H,3-4,13-14H2,1-2H3,(H,23,24)/b12-8+. The first-order valence-electron chi connectivity index (χ1n) is 8.72. The van der Waals surface area contributed by atoms with Crippen LogP contribution in [-0.2, 0) is 11.2 Å². The number of ether oxygens (including phenoxy) is 2. The van der Waals surface area contributed by atoms with Gasteiger partial charge in [-0.15, -0.1) is 0 Å². The lowest BCUT2D eigenvalue weighted by Crippen LogP contribution is -2.23. The number of nitrogens with one attached hydrogen (secondary N) is 1. The van der Waals surface area contributed by atoms with Crippen LogP contribution in [0.15, 0.2) is 48.5 Å². The Kier molecular flexibility index (Phi) is 7.68. The SMILES string of the molecule is CCOc1ccc(CCNC(=O)/C=C/c2ccc(F)cc2)cc1OCC. The number of carbonyl (C=O) groups excluding carboxylic acids is 1. The van der Waals surface area contributed by atoms with Crippen molar-refractivity contribution in [2.75, 3.05) is 19.8 Å². The lowest BCUT2D eigenvalue weighted by atomic mass is 10.1. The third-order valence-corrected chi connectivity index (χ3v) is 3.62. The highest BCUT2D eigenvalue weighted by Crippen LogP contribution is 2.28. The van der Waals surface area contributed by atoms with Crippen molar-refractivity contribution < 1.29 is 18.7 Å². The number of rotatable bonds is 9. The molecule has 0 aromatic heterocycles. The Morgan fingerprint density at radius 1 is 1.04 bits per heavy atom. The zero-order valence-corrected chi connectivity index (χ0v) is 15.1. The Bertz CT molecular complexity index is 741. The van der Waals surface area contributed by atoms with Crippen molar-refractivity contribution >= 4 is 12.0 Å². The molecule has 1 amide bonds. The topological polar surface area (TPSA) is 47.6 Å². The molecular weight excluding hydrogens is 333 g/mol. The summed E-state index contributed by atoms with van der Waals surface area (Å²) < 4.78 is 24.0. The fraction of sp³-hybridized carbons (Fsp3) is 0.286. The minimum Gasteiger partial charge on any atom is -0.490 e. The summed E-state index contributed by atoms with van der Waals surface area (Å²) >= 11 is 0. The third kappa shape index (κ3) is 6.24. The predicted octanol–water partition coefficient (Wildman–Crippen LogP) is 4.00. The van der Waals surface area contributed by atoms with Gasteiger partial charge in [-0.1, -0.05) is 18.2 Å². The summed E-state index contributed by atoms with van der Waals surface area (Å²) in [7, 11) is 0. The average molecular weight is 357 g/mol. The molecule has 0 bridgehead atoms. The van der Waals surface area contributed by atoms with Crippen molar-refractivity contribution in [3.8, 4) is 11.5 Å². The van der Waals surface area contributed by atoms with E-state index in [2.05, 4.69) is 5.32 Å². The van der Waals surface area contributed by atoms with E-state index in [1.54, 1.807) is 18.2 Å². The van der Waals surface area contributed by atoms with Crippen LogP contribution in [0.2, 0.25) is 0 Å². The molecule has 5 heteroatoms. The van der Waals surface area contributed by atoms with Crippen molar-refractivity contribution in [2.24, 2.45) is 0 Å². The Labute approximate surface area is 153 Å². The maximum absolute atomic E-state index is 12.8. The van der Waals surface area contributed by atoms with Crippen LogP contribution in [0.25, 0.3) is 6.08 Å². The van der Waals surface area contributed by atoms with Crippen LogP contribution in [0.1, 0.15) is 25.0 Å². The number of benzene rings is 2. The molecule has 0 aliphatic heterocycles. The van der Waals surface area contributed by atoms with E-state index in [-0.39, 0.29) is 11.7 Å². The first-order valence-corrected chi connectivity index (χ1v) is 8.72. The summed E-state index contributed by atoms with van der Waals surface area (Å²) in [6, 6.07) is 11.8. The molecule has 2 aromatic carbocycles. The first-order chi connectivity index (χ1) is 12.6. The van der Waals surface area contributed by atoms with Gasteiger partial charge in [0.05, 0.1) is 13.2 Å². The molecule has 138 valence electrons. The van der Waals surface area contributed by atoms with Crippen molar-refractivity contribution in [1.82, 2.24) is 5.32 Å². The van der Waals surface area contributed by atoms with Gasteiger partial charge in [-0.05, 0) is 61.7 Å². The Hall–Kier alpha value is -2.82. The highest BCUT2D eigenvalue weighted by atomic mass is 19.1. The number of hydrogen-bond acceptors (Lipinski definition) is 3. The Balaban J connectivity index is 1.85. The van der Waals surface area contributed by atoms with Crippen LogP contribution in [0, 0.1) is 5.82 Å². The molecule has 0 radical (unpaired) electrons. The molecule has 1 N–H and O–H groups in total. The van der Waals surface area contributed by atoms with E-state index in [0.717, 1.165) is 22.6 Å². The van der Waals surface area contributed by atoms with E-state index >= 15 is 0 Å². The van der Waals surface area contributed by atoms with Crippen LogP contribution in [0.4, 0.5) is 4.39 Å². The first kappa shape index (κ1) is 19.5. The van der Waals surface area contributed by atoms with Crippen molar-refractivity contribution in [2.45, 2.75) is 20.3 Å². The molecule has 0 unspecified atom stereocenters. The monoisotopic (exact) mass is 357 g/mol. The Morgan fingerprint density at radius 2 is 1.73 bits per heavy atom. The normalized spacial score (nSPS) is 10.7. The molecule has 4 nitrogen and oxygen atoms in total. The van der Waals surface area contributed by atoms with Gasteiger partial charge in [-0.25, -0.2) is 4.39 Å². The lowest BCUT2D eigenvalue weighted by molar-refractivity contribution is -0.116. The van der Waals surface area contributed by atoms with E-state index in [1.165, 1.54) is 18.2 Å². The maximum atomic E-state index is 12.8. The van der Waals surface area contributed by atoms with Crippen LogP contribution in [-0.4, -0.2) is 25.7 Å². The largest absolute Gasteiger partial charge is 0.490 e. The predicted molar refractivity (Wildman–Crippen MR) is 101 cm³/mol. The molecule has 0 aliphatic carbocycles. The highest BCUT2D eigenvalue weighted by molar-refractivity contribution is 5.91. The van der Waals surface area contributed by atoms with Crippen molar-refractivity contribution in [3.05, 3.63) is 65.5 Å². The number of hydrogen-bond donors (Lipinski definition) is 1. The van der Waals surface area contributed by atoms with Crippen LogP contribution in [0.3, 0.4) is 0 Å². The molecule has 0 aliphatic rings. The molecule has 26 heavy (non-hydrogen) atoms. The minimum absolute atomic E-state index is 0.190. The molecule has 0 heterocycles. The molecule has 0 saturated carbocycles. The molecule has 0 saturated heterocycles. The molecule has 0 atom stereocenters. The second-order valence-electron chi connectivity index (χ2n) is 5.57. The van der Waals surface area contributed by atoms with Crippen LogP contribution >= 0.6 is 0 Å². The highest BCUT2D eigenvalue weighted by Gasteiger charge is 2.06. The van der Waals surface area contributed by atoms with Crippen LogP contribution < -0.4 is 14.8 Å². The fourth-order valence-electron chi connectivity index (χ4n) is 2.39. The molecule has 2 aromatic rings. The van der Waals surface area contributed by atoms with Gasteiger partial charge in [0.1, 0.15) is 5.82 Å². The van der Waals surface area contributed by atoms with E-state index < -0.39 is 0 Å². The summed E-state index contributed by atoms with van der Waals surface area (Å²) in [5.74, 6) is 0.956. The average Bonchev–Trinajstić information content (AvgIpc) is 2.64. The zero-order valence-electron chi connectivity index (χ0n) is 15.1. The second kappa shape index (κ2) is 10.2. The number of carbonyl (C=O) groups is 1. The lowest BCUT2D eigenvalue weighted by Gasteiger charge is -2.12. The number of halogens is 1. The van der Waals surface area contributed by atoms with Crippen molar-refractivity contribution in [1.29, 1.82) is 0 Å². The van der Waals surface area contributed by atoms with Gasteiger partial charge in [-0.3, -0.25) is 4.79 Å². The second-order valence-corrected chi connectivity index (χ2v) is 5.57. The Morgan fingerprint density at radius 3 is 2.42 bits per heavy atom. The summed E-state index contributed by atoms with van der Waals surface area (Å²) in [4.78, 5) is 11.9. The fourth-order valence-corrected chi connectivity index (χ4v) is 2.39. The van der Waals surface area contributed by atoms with E-state index in [1.807, 2.05) is 32.0 Å². The minimum atomic E-state index is -0.298. The van der Waals surface area contributed by atoms with Gasteiger partial charge >= 0.3 is 0 Å². The van der Waals surface area contributed by atoms with Gasteiger partial charge in [0.15, 0.2) is 11.5 Å². The summed E-state index contributed by atoms with van der Waals surface area (Å²) in [6.07, 6.45) is 3.78. The maximum Gasteiger partial charge on any atom is 0.244 e. The van der Waals surface area contributed by atoms with E-state index in [0.29, 0.717) is 26.2 Å². The van der Waals surface area contributed by atoms with Crippen LogP contribution in [0.5, 0.6) is 11.5 Å². The quantitative estimate of drug-likeness (QED) is 0.690. The van der Waals surface area contributed by atoms with Gasteiger partial charge in [0.25, 0.3) is 0 Å². The smallest absolute Gasteiger partial charge is 0.244 e. The summed E-state index contributed by atoms with van der Waals surface area (Å²) in [5, 5.41) is 2.83. The van der Waals surface area contributed by atoms with Gasteiger partial charge in [-0.2, -0.15) is 0 Å².